The topological polar surface area (TPSA) is 16.1 Å². The highest BCUT2D eigenvalue weighted by Gasteiger charge is 2.43. The third-order valence-corrected chi connectivity index (χ3v) is 6.17. The summed E-state index contributed by atoms with van der Waals surface area (Å²) in [6.07, 6.45) is 2.10. The Kier molecular flexibility index (Phi) is 5.39. The van der Waals surface area contributed by atoms with E-state index >= 15 is 0 Å². The minimum atomic E-state index is -1.55. The van der Waals surface area contributed by atoms with Crippen LogP contribution in [0.1, 0.15) is 28.4 Å². The van der Waals surface area contributed by atoms with Crippen LogP contribution in [-0.2, 0) is 6.54 Å². The van der Waals surface area contributed by atoms with Gasteiger partial charge in [-0.2, -0.15) is 0 Å². The fourth-order valence-corrected chi connectivity index (χ4v) is 4.87. The van der Waals surface area contributed by atoms with Crippen LogP contribution in [0, 0.1) is 0 Å². The molecule has 0 bridgehead atoms. The van der Waals surface area contributed by atoms with Crippen molar-refractivity contribution in [2.24, 2.45) is 0 Å². The zero-order valence-corrected chi connectivity index (χ0v) is 18.8. The van der Waals surface area contributed by atoms with Crippen LogP contribution in [0.3, 0.4) is 0 Å². The molecule has 154 valence electrons. The summed E-state index contributed by atoms with van der Waals surface area (Å²) in [4.78, 5) is 7.09. The molecule has 0 N–H and O–H groups in total. The summed E-state index contributed by atoms with van der Waals surface area (Å²) in [5.74, 6) is 0. The number of nitrogens with zero attached hydrogens (tertiary/aromatic N) is 2. The molecule has 1 aliphatic heterocycles. The van der Waals surface area contributed by atoms with Crippen molar-refractivity contribution in [2.75, 3.05) is 0 Å². The number of alkyl halides is 3. The van der Waals surface area contributed by atoms with E-state index in [1.54, 1.807) is 0 Å². The first kappa shape index (κ1) is 20.4. The quantitative estimate of drug-likeness (QED) is 0.289. The Labute approximate surface area is 196 Å². The lowest BCUT2D eigenvalue weighted by atomic mass is 9.93. The molecule has 1 aromatic heterocycles. The highest BCUT2D eigenvalue weighted by Crippen LogP contribution is 2.51. The van der Waals surface area contributed by atoms with E-state index in [2.05, 4.69) is 41.3 Å². The normalized spacial score (nSPS) is 16.2. The number of halogens is 3. The summed E-state index contributed by atoms with van der Waals surface area (Å²) in [5.41, 5.74) is 5.84. The second-order valence-electron chi connectivity index (χ2n) is 7.61. The number of aromatic nitrogens is 1. The van der Waals surface area contributed by atoms with E-state index in [4.69, 9.17) is 39.8 Å². The summed E-state index contributed by atoms with van der Waals surface area (Å²) in [6.45, 7) is 0.604. The molecule has 0 amide bonds. The smallest absolute Gasteiger partial charge is 0.214 e. The van der Waals surface area contributed by atoms with E-state index in [9.17, 15) is 0 Å². The molecule has 0 aliphatic carbocycles. The minimum Gasteiger partial charge on any atom is -0.355 e. The molecule has 0 spiro atoms. The maximum absolute atomic E-state index is 6.64. The van der Waals surface area contributed by atoms with Gasteiger partial charge in [-0.3, -0.25) is 0 Å². The molecule has 3 aromatic carbocycles. The van der Waals surface area contributed by atoms with Crippen molar-refractivity contribution in [3.05, 3.63) is 113 Å². The van der Waals surface area contributed by atoms with Gasteiger partial charge in [0.2, 0.25) is 3.79 Å². The van der Waals surface area contributed by atoms with Gasteiger partial charge < -0.3 is 4.90 Å². The number of benzene rings is 3. The standard InChI is InChI=1S/C26H19Cl3N2/c27-26(28,29)25-21-15-20-13-7-8-14-22(20)30-23(21)16-24(19-11-5-2-6-12-19)31(25)17-18-9-3-1-4-10-18/h1-16,25H,17H2. The van der Waals surface area contributed by atoms with E-state index < -0.39 is 9.83 Å². The van der Waals surface area contributed by atoms with E-state index in [-0.39, 0.29) is 0 Å². The van der Waals surface area contributed by atoms with Gasteiger partial charge in [-0.25, -0.2) is 4.98 Å². The Morgan fingerprint density at radius 1 is 0.806 bits per heavy atom. The summed E-state index contributed by atoms with van der Waals surface area (Å²) in [7, 11) is 0. The van der Waals surface area contributed by atoms with Gasteiger partial charge in [-0.15, -0.1) is 0 Å². The van der Waals surface area contributed by atoms with Crippen molar-refractivity contribution in [2.45, 2.75) is 16.4 Å². The Balaban J connectivity index is 1.75. The minimum absolute atomic E-state index is 0.495. The SMILES string of the molecule is ClC(Cl)(Cl)C1c2cc3ccccc3nc2C=C(c2ccccc2)N1Cc1ccccc1. The molecule has 1 unspecified atom stereocenters. The van der Waals surface area contributed by atoms with Gasteiger partial charge in [-0.1, -0.05) is 114 Å². The average Bonchev–Trinajstić information content (AvgIpc) is 2.77. The molecule has 0 saturated heterocycles. The van der Waals surface area contributed by atoms with Crippen molar-refractivity contribution >= 4 is 57.5 Å². The number of fused-ring (bicyclic) bond motifs is 2. The van der Waals surface area contributed by atoms with E-state index in [1.807, 2.05) is 60.7 Å². The third kappa shape index (κ3) is 4.04. The summed E-state index contributed by atoms with van der Waals surface area (Å²) in [6, 6.07) is 30.1. The summed E-state index contributed by atoms with van der Waals surface area (Å²) >= 11 is 19.9. The van der Waals surface area contributed by atoms with Crippen molar-refractivity contribution in [3.8, 4) is 0 Å². The molecule has 31 heavy (non-hydrogen) atoms. The number of hydrogen-bond donors (Lipinski definition) is 0. The van der Waals surface area contributed by atoms with Crippen molar-refractivity contribution < 1.29 is 0 Å². The van der Waals surface area contributed by atoms with E-state index in [0.717, 1.165) is 39.0 Å². The number of hydrogen-bond acceptors (Lipinski definition) is 2. The zero-order chi connectivity index (χ0) is 21.4. The Morgan fingerprint density at radius 3 is 2.16 bits per heavy atom. The first-order chi connectivity index (χ1) is 15.0. The van der Waals surface area contributed by atoms with Crippen LogP contribution in [0.2, 0.25) is 0 Å². The maximum atomic E-state index is 6.64. The second-order valence-corrected chi connectivity index (χ2v) is 9.98. The zero-order valence-electron chi connectivity index (χ0n) is 16.6. The van der Waals surface area contributed by atoms with Crippen molar-refractivity contribution in [3.63, 3.8) is 0 Å². The molecule has 0 saturated carbocycles. The van der Waals surface area contributed by atoms with Crippen LogP contribution in [0.25, 0.3) is 22.7 Å². The fourth-order valence-electron chi connectivity index (χ4n) is 4.17. The van der Waals surface area contributed by atoms with E-state index in [1.165, 1.54) is 0 Å². The average molecular weight is 466 g/mol. The summed E-state index contributed by atoms with van der Waals surface area (Å²) < 4.78 is -1.55. The number of para-hydroxylation sites is 1. The van der Waals surface area contributed by atoms with Gasteiger partial charge in [0.05, 0.1) is 11.2 Å². The highest BCUT2D eigenvalue weighted by molar-refractivity contribution is 6.68. The predicted molar refractivity (Wildman–Crippen MR) is 131 cm³/mol. The van der Waals surface area contributed by atoms with Crippen molar-refractivity contribution in [1.29, 1.82) is 0 Å². The lowest BCUT2D eigenvalue weighted by molar-refractivity contribution is 0.289. The van der Waals surface area contributed by atoms with Gasteiger partial charge in [0.25, 0.3) is 0 Å². The van der Waals surface area contributed by atoms with Crippen LogP contribution in [0.5, 0.6) is 0 Å². The molecule has 5 rings (SSSR count). The molecular formula is C26H19Cl3N2. The first-order valence-electron chi connectivity index (χ1n) is 10.0. The van der Waals surface area contributed by atoms with Gasteiger partial charge in [-0.05, 0) is 29.3 Å². The van der Waals surface area contributed by atoms with E-state index in [0.29, 0.717) is 6.54 Å². The molecule has 4 aromatic rings. The molecule has 1 atom stereocenters. The van der Waals surface area contributed by atoms with Gasteiger partial charge in [0.15, 0.2) is 0 Å². The Bertz CT molecular complexity index is 1250. The number of pyridine rings is 1. The molecule has 2 heterocycles. The molecule has 0 fully saturated rings. The lowest BCUT2D eigenvalue weighted by Crippen LogP contribution is -2.38. The van der Waals surface area contributed by atoms with Crippen LogP contribution >= 0.6 is 34.8 Å². The van der Waals surface area contributed by atoms with Crippen molar-refractivity contribution in [1.82, 2.24) is 9.88 Å². The van der Waals surface area contributed by atoms with Crippen LogP contribution in [0.15, 0.2) is 91.0 Å². The van der Waals surface area contributed by atoms with Gasteiger partial charge >= 0.3 is 0 Å². The van der Waals surface area contributed by atoms with Crippen LogP contribution < -0.4 is 0 Å². The molecule has 1 aliphatic rings. The lowest BCUT2D eigenvalue weighted by Gasteiger charge is -2.42. The molecule has 2 nitrogen and oxygen atoms in total. The monoisotopic (exact) mass is 464 g/mol. The van der Waals surface area contributed by atoms with Gasteiger partial charge in [0.1, 0.15) is 6.04 Å². The van der Waals surface area contributed by atoms with Gasteiger partial charge in [0, 0.05) is 23.2 Å². The Morgan fingerprint density at radius 2 is 1.45 bits per heavy atom. The first-order valence-corrected chi connectivity index (χ1v) is 11.2. The maximum Gasteiger partial charge on any atom is 0.214 e. The van der Waals surface area contributed by atoms with Crippen LogP contribution in [0.4, 0.5) is 0 Å². The molecule has 0 radical (unpaired) electrons. The summed E-state index contributed by atoms with van der Waals surface area (Å²) in [5, 5.41) is 1.02. The largest absolute Gasteiger partial charge is 0.355 e. The highest BCUT2D eigenvalue weighted by atomic mass is 35.6. The fraction of sp³-hybridized carbons (Fsp3) is 0.115. The van der Waals surface area contributed by atoms with Crippen LogP contribution in [-0.4, -0.2) is 13.7 Å². The number of rotatable bonds is 3. The third-order valence-electron chi connectivity index (χ3n) is 5.55. The Hall–Kier alpha value is -2.52. The molecular weight excluding hydrogens is 447 g/mol. The molecule has 5 heteroatoms. The predicted octanol–water partition coefficient (Wildman–Crippen LogP) is 7.66. The second kappa shape index (κ2) is 8.20.